The Morgan fingerprint density at radius 1 is 1.17 bits per heavy atom. The third-order valence-electron chi connectivity index (χ3n) is 5.13. The number of hydrogen-bond acceptors (Lipinski definition) is 4. The zero-order valence-electron chi connectivity index (χ0n) is 11.0. The van der Waals surface area contributed by atoms with Crippen LogP contribution in [0.1, 0.15) is 25.0 Å². The van der Waals surface area contributed by atoms with E-state index in [1.54, 1.807) is 0 Å². The first-order chi connectivity index (χ1) is 8.76. The highest BCUT2D eigenvalue weighted by Gasteiger charge is 2.65. The molecule has 3 aliphatic carbocycles. The number of anilines is 2. The number of hydrogen-bond donors (Lipinski definition) is 2. The van der Waals surface area contributed by atoms with E-state index in [1.807, 2.05) is 14.0 Å². The molecule has 0 amide bonds. The van der Waals surface area contributed by atoms with Gasteiger partial charge >= 0.3 is 0 Å². The molecule has 18 heavy (non-hydrogen) atoms. The quantitative estimate of drug-likeness (QED) is 0.856. The lowest BCUT2D eigenvalue weighted by Crippen LogP contribution is -2.14. The van der Waals surface area contributed by atoms with Crippen LogP contribution in [0.2, 0.25) is 0 Å². The number of fused-ring (bicyclic) bond motifs is 5. The molecule has 0 aliphatic heterocycles. The molecular weight excluding hydrogens is 224 g/mol. The largest absolute Gasteiger partial charge is 0.367 e. The number of nitrogens with one attached hydrogen (secondary N) is 2. The van der Waals surface area contributed by atoms with E-state index >= 15 is 0 Å². The van der Waals surface area contributed by atoms with Gasteiger partial charge in [0, 0.05) is 24.8 Å². The van der Waals surface area contributed by atoms with Crippen molar-refractivity contribution in [3.8, 4) is 0 Å². The van der Waals surface area contributed by atoms with E-state index in [1.165, 1.54) is 19.3 Å². The Labute approximate surface area is 108 Å². The number of nitrogens with zero attached hydrogens (tertiary/aromatic N) is 2. The van der Waals surface area contributed by atoms with Crippen molar-refractivity contribution in [2.75, 3.05) is 17.7 Å². The van der Waals surface area contributed by atoms with Crippen molar-refractivity contribution in [2.24, 2.45) is 23.7 Å². The van der Waals surface area contributed by atoms with Crippen LogP contribution in [-0.4, -0.2) is 23.1 Å². The minimum absolute atomic E-state index is 0.690. The molecule has 1 aromatic heterocycles. The highest BCUT2D eigenvalue weighted by atomic mass is 15.2. The van der Waals surface area contributed by atoms with E-state index in [2.05, 4.69) is 26.7 Å². The van der Waals surface area contributed by atoms with Gasteiger partial charge in [0.05, 0.1) is 0 Å². The summed E-state index contributed by atoms with van der Waals surface area (Å²) in [6.07, 6.45) is 4.43. The SMILES string of the molecule is CNc1nc(C)cc(NC2C3C4CCC(C4)C23)n1. The lowest BCUT2D eigenvalue weighted by atomic mass is 10.0. The molecular formula is C14H20N4. The predicted octanol–water partition coefficient (Wildman–Crippen LogP) is 2.28. The zero-order chi connectivity index (χ0) is 12.3. The summed E-state index contributed by atoms with van der Waals surface area (Å²) in [6.45, 7) is 2.02. The average molecular weight is 244 g/mol. The van der Waals surface area contributed by atoms with Crippen LogP contribution in [-0.2, 0) is 0 Å². The minimum atomic E-state index is 0.690. The Bertz CT molecular complexity index is 471. The smallest absolute Gasteiger partial charge is 0.224 e. The van der Waals surface area contributed by atoms with Crippen molar-refractivity contribution in [2.45, 2.75) is 32.2 Å². The predicted molar refractivity (Wildman–Crippen MR) is 71.5 cm³/mol. The summed E-state index contributed by atoms with van der Waals surface area (Å²) in [6, 6.07) is 2.74. The van der Waals surface area contributed by atoms with Crippen molar-refractivity contribution in [1.29, 1.82) is 0 Å². The van der Waals surface area contributed by atoms with E-state index in [-0.39, 0.29) is 0 Å². The summed E-state index contributed by atoms with van der Waals surface area (Å²) < 4.78 is 0. The van der Waals surface area contributed by atoms with Gasteiger partial charge in [-0.25, -0.2) is 4.98 Å². The van der Waals surface area contributed by atoms with Gasteiger partial charge in [-0.15, -0.1) is 0 Å². The van der Waals surface area contributed by atoms with Gasteiger partial charge in [0.2, 0.25) is 5.95 Å². The third-order valence-corrected chi connectivity index (χ3v) is 5.13. The fourth-order valence-corrected chi connectivity index (χ4v) is 4.44. The van der Waals surface area contributed by atoms with Crippen LogP contribution in [0.5, 0.6) is 0 Å². The number of rotatable bonds is 3. The molecule has 0 aromatic carbocycles. The standard InChI is InChI=1S/C14H20N4/c1-7-5-10(18-14(15-2)16-7)17-13-11-8-3-4-9(6-8)12(11)13/h5,8-9,11-13H,3-4,6H2,1-2H3,(H2,15,16,17,18). The minimum Gasteiger partial charge on any atom is -0.367 e. The third kappa shape index (κ3) is 1.44. The molecule has 1 heterocycles. The maximum atomic E-state index is 4.50. The molecule has 3 saturated carbocycles. The van der Waals surface area contributed by atoms with Crippen molar-refractivity contribution in [3.63, 3.8) is 0 Å². The Balaban J connectivity index is 1.51. The first kappa shape index (κ1) is 10.6. The molecule has 4 rings (SSSR count). The topological polar surface area (TPSA) is 49.8 Å². The maximum absolute atomic E-state index is 4.50. The average Bonchev–Trinajstić information content (AvgIpc) is 2.76. The molecule has 2 N–H and O–H groups in total. The van der Waals surface area contributed by atoms with Gasteiger partial charge in [-0.2, -0.15) is 4.98 Å². The molecule has 4 unspecified atom stereocenters. The Hall–Kier alpha value is -1.32. The molecule has 0 radical (unpaired) electrons. The molecule has 3 aliphatic rings. The van der Waals surface area contributed by atoms with E-state index in [4.69, 9.17) is 0 Å². The highest BCUT2D eigenvalue weighted by Crippen LogP contribution is 2.66. The van der Waals surface area contributed by atoms with Crippen LogP contribution in [0, 0.1) is 30.6 Å². The molecule has 4 nitrogen and oxygen atoms in total. The van der Waals surface area contributed by atoms with Gasteiger partial charge < -0.3 is 10.6 Å². The van der Waals surface area contributed by atoms with Gasteiger partial charge in [0.15, 0.2) is 0 Å². The van der Waals surface area contributed by atoms with Crippen molar-refractivity contribution < 1.29 is 0 Å². The van der Waals surface area contributed by atoms with Crippen molar-refractivity contribution in [3.05, 3.63) is 11.8 Å². The van der Waals surface area contributed by atoms with Gasteiger partial charge in [-0.1, -0.05) is 0 Å². The molecule has 2 bridgehead atoms. The number of aryl methyl sites for hydroxylation is 1. The van der Waals surface area contributed by atoms with Crippen molar-refractivity contribution in [1.82, 2.24) is 9.97 Å². The summed E-state index contributed by atoms with van der Waals surface area (Å²) in [5.74, 6) is 5.60. The summed E-state index contributed by atoms with van der Waals surface area (Å²) in [7, 11) is 1.87. The second kappa shape index (κ2) is 3.59. The summed E-state index contributed by atoms with van der Waals surface area (Å²) >= 11 is 0. The second-order valence-corrected chi connectivity index (χ2v) is 6.13. The van der Waals surface area contributed by atoms with Gasteiger partial charge in [0.1, 0.15) is 5.82 Å². The molecule has 4 atom stereocenters. The normalized spacial score (nSPS) is 39.6. The van der Waals surface area contributed by atoms with E-state index < -0.39 is 0 Å². The number of aromatic nitrogens is 2. The van der Waals surface area contributed by atoms with Gasteiger partial charge in [0.25, 0.3) is 0 Å². The van der Waals surface area contributed by atoms with Crippen LogP contribution in [0.25, 0.3) is 0 Å². The van der Waals surface area contributed by atoms with Crippen molar-refractivity contribution >= 4 is 11.8 Å². The highest BCUT2D eigenvalue weighted by molar-refractivity contribution is 5.45. The molecule has 96 valence electrons. The second-order valence-electron chi connectivity index (χ2n) is 6.13. The molecule has 0 spiro atoms. The van der Waals surface area contributed by atoms with Crippen LogP contribution in [0.4, 0.5) is 11.8 Å². The van der Waals surface area contributed by atoms with Crippen LogP contribution < -0.4 is 10.6 Å². The molecule has 1 aromatic rings. The first-order valence-electron chi connectivity index (χ1n) is 7.06. The monoisotopic (exact) mass is 244 g/mol. The van der Waals surface area contributed by atoms with Crippen LogP contribution in [0.3, 0.4) is 0 Å². The lowest BCUT2D eigenvalue weighted by Gasteiger charge is -2.12. The zero-order valence-corrected chi connectivity index (χ0v) is 11.0. The van der Waals surface area contributed by atoms with E-state index in [0.717, 1.165) is 35.2 Å². The van der Waals surface area contributed by atoms with E-state index in [0.29, 0.717) is 12.0 Å². The lowest BCUT2D eigenvalue weighted by molar-refractivity contribution is 0.456. The van der Waals surface area contributed by atoms with Gasteiger partial charge in [-0.05, 0) is 49.9 Å². The van der Waals surface area contributed by atoms with Crippen LogP contribution >= 0.6 is 0 Å². The summed E-state index contributed by atoms with van der Waals surface area (Å²) in [5.41, 5.74) is 1.02. The fourth-order valence-electron chi connectivity index (χ4n) is 4.44. The maximum Gasteiger partial charge on any atom is 0.224 e. The first-order valence-corrected chi connectivity index (χ1v) is 7.06. The summed E-state index contributed by atoms with van der Waals surface area (Å²) in [5, 5.41) is 6.66. The Morgan fingerprint density at radius 2 is 1.89 bits per heavy atom. The summed E-state index contributed by atoms with van der Waals surface area (Å²) in [4.78, 5) is 8.83. The molecule has 0 saturated heterocycles. The Kier molecular flexibility index (Phi) is 2.11. The van der Waals surface area contributed by atoms with Crippen LogP contribution in [0.15, 0.2) is 6.07 Å². The molecule has 4 heteroatoms. The Morgan fingerprint density at radius 3 is 2.56 bits per heavy atom. The fraction of sp³-hybridized carbons (Fsp3) is 0.714. The van der Waals surface area contributed by atoms with Gasteiger partial charge in [-0.3, -0.25) is 0 Å². The molecule has 3 fully saturated rings. The van der Waals surface area contributed by atoms with E-state index in [9.17, 15) is 0 Å².